The van der Waals surface area contributed by atoms with Gasteiger partial charge in [-0.05, 0) is 12.8 Å². The third-order valence-electron chi connectivity index (χ3n) is 2.80. The number of aryl methyl sites for hydroxylation is 2. The van der Waals surface area contributed by atoms with Crippen LogP contribution in [0, 0.1) is 0 Å². The summed E-state index contributed by atoms with van der Waals surface area (Å²) in [5, 5.41) is 0. The summed E-state index contributed by atoms with van der Waals surface area (Å²) in [5.41, 5.74) is 2.71. The summed E-state index contributed by atoms with van der Waals surface area (Å²) in [6.45, 7) is 6.20. The number of rotatable bonds is 2. The number of nitrogens with zero attached hydrogens (tertiary/aromatic N) is 2. The van der Waals surface area contributed by atoms with Gasteiger partial charge in [0, 0.05) is 12.3 Å². The highest BCUT2D eigenvalue weighted by Gasteiger charge is 2.25. The van der Waals surface area contributed by atoms with Crippen molar-refractivity contribution in [1.82, 2.24) is 9.97 Å². The minimum atomic E-state index is 0.220. The predicted molar refractivity (Wildman–Crippen MR) is 58.2 cm³/mol. The predicted octanol–water partition coefficient (Wildman–Crippen LogP) is 2.29. The van der Waals surface area contributed by atoms with Crippen LogP contribution in [0.25, 0.3) is 0 Å². The van der Waals surface area contributed by atoms with Gasteiger partial charge in [-0.3, -0.25) is 4.79 Å². The molecule has 3 nitrogen and oxygen atoms in total. The number of hydrogen-bond donors (Lipinski definition) is 0. The van der Waals surface area contributed by atoms with E-state index in [4.69, 9.17) is 0 Å². The maximum absolute atomic E-state index is 11.6. The molecule has 0 atom stereocenters. The number of carbonyl (C=O) groups excluding carboxylic acids is 1. The van der Waals surface area contributed by atoms with Crippen molar-refractivity contribution in [3.63, 3.8) is 0 Å². The number of Topliss-reactive ketones (excluding diaryl/α,β-unsaturated/α-hetero) is 1. The Morgan fingerprint density at radius 1 is 1.27 bits per heavy atom. The molecule has 1 heterocycles. The molecule has 1 aromatic heterocycles. The summed E-state index contributed by atoms with van der Waals surface area (Å²) >= 11 is 0. The Bertz CT molecular complexity index is 410. The van der Waals surface area contributed by atoms with Crippen molar-refractivity contribution >= 4 is 5.78 Å². The summed E-state index contributed by atoms with van der Waals surface area (Å²) in [6.07, 6.45) is 2.22. The van der Waals surface area contributed by atoms with E-state index >= 15 is 0 Å². The third-order valence-corrected chi connectivity index (χ3v) is 2.80. The molecule has 0 unspecified atom stereocenters. The molecule has 80 valence electrons. The Hall–Kier alpha value is -1.25. The highest BCUT2D eigenvalue weighted by Crippen LogP contribution is 2.25. The quantitative estimate of drug-likeness (QED) is 0.742. The van der Waals surface area contributed by atoms with Gasteiger partial charge in [-0.25, -0.2) is 9.97 Å². The third kappa shape index (κ3) is 1.66. The fourth-order valence-corrected chi connectivity index (χ4v) is 1.95. The number of carbonyl (C=O) groups is 1. The maximum Gasteiger partial charge on any atom is 0.166 e. The average molecular weight is 204 g/mol. The lowest BCUT2D eigenvalue weighted by Crippen LogP contribution is -2.08. The molecule has 15 heavy (non-hydrogen) atoms. The Morgan fingerprint density at radius 3 is 2.60 bits per heavy atom. The van der Waals surface area contributed by atoms with Gasteiger partial charge in [0.2, 0.25) is 0 Å². The largest absolute Gasteiger partial charge is 0.294 e. The van der Waals surface area contributed by atoms with Gasteiger partial charge in [0.05, 0.1) is 17.0 Å². The van der Waals surface area contributed by atoms with Crippen LogP contribution in [-0.4, -0.2) is 15.8 Å². The van der Waals surface area contributed by atoms with Crippen molar-refractivity contribution in [2.75, 3.05) is 0 Å². The first-order valence-electron chi connectivity index (χ1n) is 5.56. The van der Waals surface area contributed by atoms with E-state index in [1.807, 2.05) is 6.92 Å². The number of hydrogen-bond acceptors (Lipinski definition) is 3. The lowest BCUT2D eigenvalue weighted by atomic mass is 10.1. The summed E-state index contributed by atoms with van der Waals surface area (Å²) in [4.78, 5) is 20.6. The van der Waals surface area contributed by atoms with Crippen molar-refractivity contribution in [3.05, 3.63) is 22.8 Å². The minimum Gasteiger partial charge on any atom is -0.294 e. The second kappa shape index (κ2) is 3.72. The van der Waals surface area contributed by atoms with Crippen LogP contribution >= 0.6 is 0 Å². The highest BCUT2D eigenvalue weighted by molar-refractivity contribution is 6.00. The van der Waals surface area contributed by atoms with E-state index in [2.05, 4.69) is 23.8 Å². The fourth-order valence-electron chi connectivity index (χ4n) is 1.95. The molecule has 0 N–H and O–H groups in total. The Balaban J connectivity index is 2.57. The molecular weight excluding hydrogens is 188 g/mol. The van der Waals surface area contributed by atoms with Crippen LogP contribution in [0.3, 0.4) is 0 Å². The second-order valence-corrected chi connectivity index (χ2v) is 4.28. The Labute approximate surface area is 89.9 Å². The van der Waals surface area contributed by atoms with E-state index in [0.29, 0.717) is 12.3 Å². The zero-order valence-electron chi connectivity index (χ0n) is 9.50. The Kier molecular flexibility index (Phi) is 2.55. The molecule has 0 radical (unpaired) electrons. The van der Waals surface area contributed by atoms with Crippen LogP contribution in [0.2, 0.25) is 0 Å². The van der Waals surface area contributed by atoms with Gasteiger partial charge in [-0.1, -0.05) is 20.8 Å². The summed E-state index contributed by atoms with van der Waals surface area (Å²) < 4.78 is 0. The highest BCUT2D eigenvalue weighted by atomic mass is 16.1. The van der Waals surface area contributed by atoms with Gasteiger partial charge < -0.3 is 0 Å². The lowest BCUT2D eigenvalue weighted by molar-refractivity contribution is 0.0993. The molecule has 0 saturated carbocycles. The van der Waals surface area contributed by atoms with Crippen molar-refractivity contribution in [3.8, 4) is 0 Å². The van der Waals surface area contributed by atoms with Crippen LogP contribution in [0.5, 0.6) is 0 Å². The van der Waals surface area contributed by atoms with E-state index in [9.17, 15) is 4.79 Å². The molecule has 0 fully saturated rings. The molecule has 0 aromatic carbocycles. The van der Waals surface area contributed by atoms with Crippen LogP contribution in [0.4, 0.5) is 0 Å². The molecular formula is C12H16N2O. The van der Waals surface area contributed by atoms with Gasteiger partial charge in [0.1, 0.15) is 5.82 Å². The first kappa shape index (κ1) is 10.3. The lowest BCUT2D eigenvalue weighted by Gasteiger charge is -2.09. The monoisotopic (exact) mass is 204 g/mol. The molecule has 1 aliphatic rings. The Morgan fingerprint density at radius 2 is 2.00 bits per heavy atom. The van der Waals surface area contributed by atoms with Crippen LogP contribution in [-0.2, 0) is 12.8 Å². The van der Waals surface area contributed by atoms with Crippen LogP contribution < -0.4 is 0 Å². The summed E-state index contributed by atoms with van der Waals surface area (Å²) in [7, 11) is 0. The first-order valence-corrected chi connectivity index (χ1v) is 5.56. The van der Waals surface area contributed by atoms with E-state index in [1.54, 1.807) is 0 Å². The molecule has 0 bridgehead atoms. The molecule has 1 aromatic rings. The summed E-state index contributed by atoms with van der Waals surface area (Å²) in [6, 6.07) is 0. The van der Waals surface area contributed by atoms with Gasteiger partial charge in [-0.15, -0.1) is 0 Å². The number of fused-ring (bicyclic) bond motifs is 1. The van der Waals surface area contributed by atoms with E-state index in [-0.39, 0.29) is 5.78 Å². The van der Waals surface area contributed by atoms with E-state index in [0.717, 1.165) is 35.6 Å². The normalized spacial score (nSPS) is 14.8. The van der Waals surface area contributed by atoms with Gasteiger partial charge >= 0.3 is 0 Å². The minimum absolute atomic E-state index is 0.220. The number of ketones is 1. The van der Waals surface area contributed by atoms with Crippen molar-refractivity contribution < 1.29 is 4.79 Å². The molecule has 2 rings (SSSR count). The van der Waals surface area contributed by atoms with Gasteiger partial charge in [0.15, 0.2) is 5.78 Å². The standard InChI is InChI=1S/C12H16N2O/c1-4-8-11-9(5-6-10(11)15)14-12(13-8)7(2)3/h7H,4-6H2,1-3H3. The van der Waals surface area contributed by atoms with E-state index < -0.39 is 0 Å². The summed E-state index contributed by atoms with van der Waals surface area (Å²) in [5.74, 6) is 1.42. The molecule has 1 aliphatic carbocycles. The van der Waals surface area contributed by atoms with Crippen molar-refractivity contribution in [2.24, 2.45) is 0 Å². The molecule has 3 heteroatoms. The molecule has 0 amide bonds. The number of aromatic nitrogens is 2. The first-order chi connectivity index (χ1) is 7.13. The average Bonchev–Trinajstić information content (AvgIpc) is 2.59. The van der Waals surface area contributed by atoms with Gasteiger partial charge in [-0.2, -0.15) is 0 Å². The fraction of sp³-hybridized carbons (Fsp3) is 0.583. The zero-order chi connectivity index (χ0) is 11.0. The molecule has 0 aliphatic heterocycles. The zero-order valence-corrected chi connectivity index (χ0v) is 9.50. The molecule has 0 saturated heterocycles. The van der Waals surface area contributed by atoms with Crippen molar-refractivity contribution in [2.45, 2.75) is 46.0 Å². The van der Waals surface area contributed by atoms with Gasteiger partial charge in [0.25, 0.3) is 0 Å². The van der Waals surface area contributed by atoms with E-state index in [1.165, 1.54) is 0 Å². The molecule has 0 spiro atoms. The smallest absolute Gasteiger partial charge is 0.166 e. The SMILES string of the molecule is CCc1nc(C(C)C)nc2c1C(=O)CC2. The second-order valence-electron chi connectivity index (χ2n) is 4.28. The van der Waals surface area contributed by atoms with Crippen molar-refractivity contribution in [1.29, 1.82) is 0 Å². The van der Waals surface area contributed by atoms with Crippen LogP contribution in [0.15, 0.2) is 0 Å². The maximum atomic E-state index is 11.6. The topological polar surface area (TPSA) is 42.9 Å². The van der Waals surface area contributed by atoms with Crippen LogP contribution in [0.1, 0.15) is 60.7 Å².